The summed E-state index contributed by atoms with van der Waals surface area (Å²) < 4.78 is 10.9. The number of allylic oxidation sites excluding steroid dienone is 1. The average Bonchev–Trinajstić information content (AvgIpc) is 3.07. The normalized spacial score (nSPS) is 11.3. The van der Waals surface area contributed by atoms with E-state index < -0.39 is 0 Å². The van der Waals surface area contributed by atoms with Crippen LogP contribution in [0.3, 0.4) is 0 Å². The maximum atomic E-state index is 9.63. The molecule has 3 aromatic rings. The number of H-pyrrole nitrogens is 1. The molecule has 0 radical (unpaired) electrons. The molecule has 27 heavy (non-hydrogen) atoms. The molecule has 1 heterocycles. The smallest absolute Gasteiger partial charge is 0.161 e. The molecule has 0 aliphatic carbocycles. The van der Waals surface area contributed by atoms with E-state index in [2.05, 4.69) is 29.5 Å². The minimum atomic E-state index is 0.396. The summed E-state index contributed by atoms with van der Waals surface area (Å²) in [6, 6.07) is 11.8. The van der Waals surface area contributed by atoms with E-state index in [0.717, 1.165) is 16.6 Å². The molecule has 0 saturated heterocycles. The van der Waals surface area contributed by atoms with Gasteiger partial charge in [-0.3, -0.25) is 0 Å². The lowest BCUT2D eigenvalue weighted by molar-refractivity contribution is 0.326. The minimum absolute atomic E-state index is 0.396. The fourth-order valence-electron chi connectivity index (χ4n) is 2.76. The predicted octanol–water partition coefficient (Wildman–Crippen LogP) is 4.82. The van der Waals surface area contributed by atoms with E-state index in [4.69, 9.17) is 9.47 Å². The molecule has 0 spiro atoms. The average molecular weight is 359 g/mol. The lowest BCUT2D eigenvalue weighted by atomic mass is 10.1. The first-order valence-electron chi connectivity index (χ1n) is 8.56. The molecule has 0 aliphatic heterocycles. The standard InChI is InChI=1S/C22H21N3O2/c1-5-8-27-20-7-6-16(12-21(20)26-4)11-17(13-23)22-24-18-9-14(2)15(3)10-19(18)25-22/h5-7,9-12H,1,8H2,2-4H3,(H,24,25). The fourth-order valence-corrected chi connectivity index (χ4v) is 2.76. The van der Waals surface area contributed by atoms with Gasteiger partial charge in [-0.25, -0.2) is 4.98 Å². The van der Waals surface area contributed by atoms with Crippen LogP contribution >= 0.6 is 0 Å². The molecule has 0 bridgehead atoms. The monoisotopic (exact) mass is 359 g/mol. The van der Waals surface area contributed by atoms with Crippen molar-refractivity contribution in [3.8, 4) is 17.6 Å². The molecular formula is C22H21N3O2. The second-order valence-corrected chi connectivity index (χ2v) is 6.22. The molecule has 0 amide bonds. The van der Waals surface area contributed by atoms with E-state index in [0.29, 0.717) is 29.5 Å². The second kappa shape index (κ2) is 7.79. The molecule has 0 fully saturated rings. The zero-order valence-electron chi connectivity index (χ0n) is 15.7. The molecule has 2 aromatic carbocycles. The maximum Gasteiger partial charge on any atom is 0.161 e. The molecule has 1 aromatic heterocycles. The summed E-state index contributed by atoms with van der Waals surface area (Å²) in [5.41, 5.74) is 5.38. The van der Waals surface area contributed by atoms with E-state index >= 15 is 0 Å². The van der Waals surface area contributed by atoms with E-state index in [1.807, 2.05) is 37.3 Å². The van der Waals surface area contributed by atoms with Crippen molar-refractivity contribution < 1.29 is 9.47 Å². The third kappa shape index (κ3) is 3.85. The van der Waals surface area contributed by atoms with Crippen LogP contribution in [0.5, 0.6) is 11.5 Å². The largest absolute Gasteiger partial charge is 0.493 e. The molecule has 3 rings (SSSR count). The quantitative estimate of drug-likeness (QED) is 0.506. The number of imidazole rings is 1. The van der Waals surface area contributed by atoms with Gasteiger partial charge in [0.1, 0.15) is 18.5 Å². The van der Waals surface area contributed by atoms with Gasteiger partial charge in [0.15, 0.2) is 11.5 Å². The summed E-state index contributed by atoms with van der Waals surface area (Å²) in [6.45, 7) is 8.14. The number of aromatic amines is 1. The lowest BCUT2D eigenvalue weighted by Gasteiger charge is -2.09. The molecule has 0 unspecified atom stereocenters. The van der Waals surface area contributed by atoms with Crippen LogP contribution in [0.15, 0.2) is 43.0 Å². The third-order valence-electron chi connectivity index (χ3n) is 4.33. The van der Waals surface area contributed by atoms with E-state index in [-0.39, 0.29) is 0 Å². The van der Waals surface area contributed by atoms with Gasteiger partial charge >= 0.3 is 0 Å². The Morgan fingerprint density at radius 1 is 1.22 bits per heavy atom. The Hall–Kier alpha value is -3.52. The Bertz CT molecular complexity index is 1030. The van der Waals surface area contributed by atoms with Gasteiger partial charge in [0.2, 0.25) is 0 Å². The number of rotatable bonds is 6. The van der Waals surface area contributed by atoms with E-state index in [1.54, 1.807) is 19.3 Å². The van der Waals surface area contributed by atoms with Crippen LogP contribution in [0.4, 0.5) is 0 Å². The molecule has 0 saturated carbocycles. The van der Waals surface area contributed by atoms with Crippen LogP contribution in [-0.2, 0) is 0 Å². The van der Waals surface area contributed by atoms with Crippen molar-refractivity contribution in [2.45, 2.75) is 13.8 Å². The van der Waals surface area contributed by atoms with Crippen molar-refractivity contribution in [2.75, 3.05) is 13.7 Å². The number of hydrogen-bond donors (Lipinski definition) is 1. The number of nitrogens with one attached hydrogen (secondary N) is 1. The zero-order valence-corrected chi connectivity index (χ0v) is 15.7. The third-order valence-corrected chi connectivity index (χ3v) is 4.33. The topological polar surface area (TPSA) is 70.9 Å². The molecule has 0 atom stereocenters. The summed E-state index contributed by atoms with van der Waals surface area (Å²) in [4.78, 5) is 7.80. The van der Waals surface area contributed by atoms with Crippen LogP contribution in [-0.4, -0.2) is 23.7 Å². The Morgan fingerprint density at radius 3 is 2.70 bits per heavy atom. The Balaban J connectivity index is 1.99. The number of nitriles is 1. The summed E-state index contributed by atoms with van der Waals surface area (Å²) in [6.07, 6.45) is 3.45. The van der Waals surface area contributed by atoms with Crippen molar-refractivity contribution in [2.24, 2.45) is 0 Å². The SMILES string of the molecule is C=CCOc1ccc(C=C(C#N)c2nc3cc(C)c(C)cc3[nH]2)cc1OC. The van der Waals surface area contributed by atoms with E-state index in [9.17, 15) is 5.26 Å². The summed E-state index contributed by atoms with van der Waals surface area (Å²) in [7, 11) is 1.58. The van der Waals surface area contributed by atoms with Gasteiger partial charge in [-0.1, -0.05) is 18.7 Å². The van der Waals surface area contributed by atoms with Crippen LogP contribution < -0.4 is 9.47 Å². The number of aromatic nitrogens is 2. The number of hydrogen-bond acceptors (Lipinski definition) is 4. The molecule has 0 aliphatic rings. The van der Waals surface area contributed by atoms with Crippen molar-refractivity contribution in [1.82, 2.24) is 9.97 Å². The van der Waals surface area contributed by atoms with Crippen LogP contribution in [0.1, 0.15) is 22.5 Å². The maximum absolute atomic E-state index is 9.63. The van der Waals surface area contributed by atoms with Crippen molar-refractivity contribution in [3.63, 3.8) is 0 Å². The van der Waals surface area contributed by atoms with Gasteiger partial charge in [0.05, 0.1) is 23.7 Å². The van der Waals surface area contributed by atoms with Gasteiger partial charge in [0.25, 0.3) is 0 Å². The summed E-state index contributed by atoms with van der Waals surface area (Å²) in [5, 5.41) is 9.63. The Labute approximate surface area is 158 Å². The van der Waals surface area contributed by atoms with Crippen LogP contribution in [0.2, 0.25) is 0 Å². The highest BCUT2D eigenvalue weighted by Crippen LogP contribution is 2.30. The first kappa shape index (κ1) is 18.3. The van der Waals surface area contributed by atoms with Crippen molar-refractivity contribution in [3.05, 3.63) is 65.5 Å². The number of benzene rings is 2. The van der Waals surface area contributed by atoms with Gasteiger partial charge in [-0.15, -0.1) is 0 Å². The Morgan fingerprint density at radius 2 is 2.00 bits per heavy atom. The number of nitrogens with zero attached hydrogens (tertiary/aromatic N) is 2. The van der Waals surface area contributed by atoms with E-state index in [1.165, 1.54) is 11.1 Å². The van der Waals surface area contributed by atoms with Gasteiger partial charge in [0, 0.05) is 0 Å². The molecule has 5 heteroatoms. The number of ether oxygens (including phenoxy) is 2. The summed E-state index contributed by atoms with van der Waals surface area (Å²) in [5.74, 6) is 1.77. The number of fused-ring (bicyclic) bond motifs is 1. The molecular weight excluding hydrogens is 338 g/mol. The second-order valence-electron chi connectivity index (χ2n) is 6.22. The number of aryl methyl sites for hydroxylation is 2. The molecule has 1 N–H and O–H groups in total. The fraction of sp³-hybridized carbons (Fsp3) is 0.182. The zero-order chi connectivity index (χ0) is 19.4. The highest BCUT2D eigenvalue weighted by Gasteiger charge is 2.11. The highest BCUT2D eigenvalue weighted by atomic mass is 16.5. The minimum Gasteiger partial charge on any atom is -0.493 e. The van der Waals surface area contributed by atoms with Crippen LogP contribution in [0.25, 0.3) is 22.7 Å². The first-order chi connectivity index (χ1) is 13.0. The van der Waals surface area contributed by atoms with Crippen LogP contribution in [0, 0.1) is 25.2 Å². The van der Waals surface area contributed by atoms with Crippen molar-refractivity contribution in [1.29, 1.82) is 5.26 Å². The Kier molecular flexibility index (Phi) is 5.28. The van der Waals surface area contributed by atoms with Gasteiger partial charge in [-0.05, 0) is 60.9 Å². The lowest BCUT2D eigenvalue weighted by Crippen LogP contribution is -1.96. The number of methoxy groups -OCH3 is 1. The first-order valence-corrected chi connectivity index (χ1v) is 8.56. The summed E-state index contributed by atoms with van der Waals surface area (Å²) >= 11 is 0. The predicted molar refractivity (Wildman–Crippen MR) is 108 cm³/mol. The van der Waals surface area contributed by atoms with Gasteiger partial charge in [-0.2, -0.15) is 5.26 Å². The van der Waals surface area contributed by atoms with Crippen molar-refractivity contribution >= 4 is 22.7 Å². The highest BCUT2D eigenvalue weighted by molar-refractivity contribution is 5.90. The molecule has 136 valence electrons. The molecule has 5 nitrogen and oxygen atoms in total. The van der Waals surface area contributed by atoms with Gasteiger partial charge < -0.3 is 14.5 Å².